The molecule has 0 aromatic carbocycles. The smallest absolute Gasteiger partial charge is 0.0387 e. The van der Waals surface area contributed by atoms with Crippen LogP contribution >= 0.6 is 33.7 Å². The second kappa shape index (κ2) is 13.6. The summed E-state index contributed by atoms with van der Waals surface area (Å²) in [6.07, 6.45) is 19.1. The monoisotopic (exact) mass is 592 g/mol. The standard InChI is InChI=1S/C34H60P4/c1-24(2)21-35-27-18-19-28(33(13,20-27)37-23-26(5)6)29-16-15-17-30(36-22-25(3)4)34(29,14)38(31(7,8)9)32(10,11)12/h15-20,24-26,35-37H,21-23H2,1-14H3. The van der Waals surface area contributed by atoms with Gasteiger partial charge in [-0.05, 0) is 82.2 Å². The predicted molar refractivity (Wildman–Crippen MR) is 189 cm³/mol. The molecule has 0 nitrogen and oxygen atoms in total. The van der Waals surface area contributed by atoms with E-state index in [1.54, 1.807) is 21.8 Å². The minimum absolute atomic E-state index is 0.0721. The van der Waals surface area contributed by atoms with Gasteiger partial charge in [-0.1, -0.05) is 145 Å². The lowest BCUT2D eigenvalue weighted by atomic mass is 9.83. The Bertz CT molecular complexity index is 947. The molecular weight excluding hydrogens is 532 g/mol. The quantitative estimate of drug-likeness (QED) is 0.221. The molecule has 0 N–H and O–H groups in total. The van der Waals surface area contributed by atoms with E-state index in [4.69, 9.17) is 0 Å². The van der Waals surface area contributed by atoms with Crippen LogP contribution in [0.25, 0.3) is 0 Å². The van der Waals surface area contributed by atoms with Gasteiger partial charge in [0.1, 0.15) is 0 Å². The SMILES string of the molecule is CC(C)CPC1=CC(C)(PCC(C)C)C(=C2C=CC=C(PCC(C)C)C2(C)P(C(C)(C)C)C(C)(C)C)C=C1. The van der Waals surface area contributed by atoms with Crippen LogP contribution < -0.4 is 0 Å². The summed E-state index contributed by atoms with van der Waals surface area (Å²) in [5.74, 6) is 2.22. The molecule has 0 aromatic rings. The van der Waals surface area contributed by atoms with Crippen LogP contribution in [0.4, 0.5) is 0 Å². The Labute approximate surface area is 245 Å². The second-order valence-electron chi connectivity index (χ2n) is 15.0. The summed E-state index contributed by atoms with van der Waals surface area (Å²) in [7, 11) is 2.33. The van der Waals surface area contributed by atoms with Crippen molar-refractivity contribution in [2.24, 2.45) is 17.8 Å². The summed E-state index contributed by atoms with van der Waals surface area (Å²) >= 11 is 0. The van der Waals surface area contributed by atoms with Crippen molar-refractivity contribution in [1.82, 2.24) is 0 Å². The molecule has 0 saturated carbocycles. The van der Waals surface area contributed by atoms with Gasteiger partial charge in [-0.25, -0.2) is 0 Å². The van der Waals surface area contributed by atoms with Crippen LogP contribution in [0.1, 0.15) is 96.9 Å². The van der Waals surface area contributed by atoms with Gasteiger partial charge >= 0.3 is 0 Å². The molecule has 0 fully saturated rings. The van der Waals surface area contributed by atoms with Crippen LogP contribution in [0.3, 0.4) is 0 Å². The van der Waals surface area contributed by atoms with Crippen LogP contribution in [0.2, 0.25) is 0 Å². The van der Waals surface area contributed by atoms with Gasteiger partial charge in [0, 0.05) is 10.3 Å². The summed E-state index contributed by atoms with van der Waals surface area (Å²) in [6.45, 7) is 34.6. The average molecular weight is 593 g/mol. The fraction of sp³-hybridized carbons (Fsp3) is 0.706. The second-order valence-corrected chi connectivity index (χ2v) is 23.7. The molecule has 2 aliphatic rings. The van der Waals surface area contributed by atoms with Crippen LogP contribution in [-0.4, -0.2) is 39.1 Å². The number of hydrogen-bond acceptors (Lipinski definition) is 0. The van der Waals surface area contributed by atoms with Crippen molar-refractivity contribution in [1.29, 1.82) is 0 Å². The molecule has 0 amide bonds. The van der Waals surface area contributed by atoms with Crippen LogP contribution in [0.15, 0.2) is 58.2 Å². The lowest BCUT2D eigenvalue weighted by molar-refractivity contribution is 0.668. The van der Waals surface area contributed by atoms with E-state index in [1.165, 1.54) is 18.5 Å². The predicted octanol–water partition coefficient (Wildman–Crippen LogP) is 11.8. The fourth-order valence-corrected chi connectivity index (χ4v) is 16.6. The van der Waals surface area contributed by atoms with E-state index >= 15 is 0 Å². The first-order valence-electron chi connectivity index (χ1n) is 14.9. The Balaban J connectivity index is 2.83. The van der Waals surface area contributed by atoms with E-state index < -0.39 is 0 Å². The van der Waals surface area contributed by atoms with Gasteiger partial charge < -0.3 is 0 Å². The van der Waals surface area contributed by atoms with E-state index in [1.807, 2.05) is 0 Å². The molecular formula is C34H60P4. The van der Waals surface area contributed by atoms with Gasteiger partial charge in [0.15, 0.2) is 0 Å². The Kier molecular flexibility index (Phi) is 12.4. The first kappa shape index (κ1) is 34.6. The Morgan fingerprint density at radius 3 is 1.74 bits per heavy atom. The summed E-state index contributed by atoms with van der Waals surface area (Å²) in [6, 6.07) is 0. The number of rotatable bonds is 10. The first-order valence-corrected chi connectivity index (χ1v) is 19.9. The van der Waals surface area contributed by atoms with Gasteiger partial charge in [-0.2, -0.15) is 0 Å². The summed E-state index contributed by atoms with van der Waals surface area (Å²) < 4.78 is 0. The van der Waals surface area contributed by atoms with Crippen molar-refractivity contribution in [3.05, 3.63) is 58.2 Å². The molecule has 2 rings (SSSR count). The number of hydrogen-bond donors (Lipinski definition) is 0. The normalized spacial score (nSPS) is 27.6. The third kappa shape index (κ3) is 8.71. The molecule has 0 radical (unpaired) electrons. The Hall–Kier alpha value is 0.420. The van der Waals surface area contributed by atoms with Crippen LogP contribution in [0, 0.1) is 17.8 Å². The topological polar surface area (TPSA) is 0 Å². The highest BCUT2D eigenvalue weighted by molar-refractivity contribution is 7.64. The molecule has 0 heterocycles. The average Bonchev–Trinajstić information content (AvgIpc) is 2.74. The van der Waals surface area contributed by atoms with E-state index in [0.29, 0.717) is 0 Å². The van der Waals surface area contributed by atoms with Gasteiger partial charge in [0.05, 0.1) is 0 Å². The first-order chi connectivity index (χ1) is 17.3. The van der Waals surface area contributed by atoms with Gasteiger partial charge in [-0.3, -0.25) is 0 Å². The Morgan fingerprint density at radius 2 is 1.24 bits per heavy atom. The minimum atomic E-state index is -0.387. The molecule has 5 atom stereocenters. The zero-order valence-electron chi connectivity index (χ0n) is 27.3. The lowest BCUT2D eigenvalue weighted by Gasteiger charge is -2.56. The zero-order valence-corrected chi connectivity index (χ0v) is 31.2. The third-order valence-corrected chi connectivity index (χ3v) is 17.6. The summed E-state index contributed by atoms with van der Waals surface area (Å²) in [4.78, 5) is 0. The summed E-state index contributed by atoms with van der Waals surface area (Å²) in [5, 5.41) is 3.95. The molecule has 0 saturated heterocycles. The molecule has 0 bridgehead atoms. The van der Waals surface area contributed by atoms with Crippen molar-refractivity contribution in [3.63, 3.8) is 0 Å². The molecule has 38 heavy (non-hydrogen) atoms. The Morgan fingerprint density at radius 1 is 0.711 bits per heavy atom. The lowest BCUT2D eigenvalue weighted by Crippen LogP contribution is -2.42. The van der Waals surface area contributed by atoms with Gasteiger partial charge in [-0.15, -0.1) is 8.58 Å². The van der Waals surface area contributed by atoms with E-state index in [0.717, 1.165) is 43.5 Å². The molecule has 5 unspecified atom stereocenters. The van der Waals surface area contributed by atoms with Gasteiger partial charge in [0.2, 0.25) is 0 Å². The number of allylic oxidation sites excluding steroid dienone is 10. The molecule has 2 aliphatic carbocycles. The maximum absolute atomic E-state index is 2.70. The zero-order chi connectivity index (χ0) is 29.1. The minimum Gasteiger partial charge on any atom is -0.107 e. The van der Waals surface area contributed by atoms with Crippen molar-refractivity contribution in [2.75, 3.05) is 18.5 Å². The van der Waals surface area contributed by atoms with E-state index in [9.17, 15) is 0 Å². The third-order valence-electron chi connectivity index (χ3n) is 7.38. The molecule has 0 spiro atoms. The van der Waals surface area contributed by atoms with Crippen molar-refractivity contribution >= 4 is 33.7 Å². The molecule has 4 heteroatoms. The maximum atomic E-state index is 2.70. The van der Waals surface area contributed by atoms with Crippen molar-refractivity contribution in [3.8, 4) is 0 Å². The van der Waals surface area contributed by atoms with Crippen molar-refractivity contribution < 1.29 is 0 Å². The van der Waals surface area contributed by atoms with E-state index in [-0.39, 0.29) is 28.5 Å². The van der Waals surface area contributed by atoms with Crippen molar-refractivity contribution in [2.45, 2.75) is 118 Å². The highest BCUT2D eigenvalue weighted by Gasteiger charge is 2.52. The molecule has 0 aliphatic heterocycles. The van der Waals surface area contributed by atoms with Gasteiger partial charge in [0.25, 0.3) is 0 Å². The van der Waals surface area contributed by atoms with Crippen LogP contribution in [0.5, 0.6) is 0 Å². The fourth-order valence-electron chi connectivity index (χ4n) is 6.34. The molecule has 216 valence electrons. The molecule has 0 aromatic heterocycles. The maximum Gasteiger partial charge on any atom is 0.0387 e. The van der Waals surface area contributed by atoms with E-state index in [2.05, 4.69) is 133 Å². The van der Waals surface area contributed by atoms with Crippen LogP contribution in [-0.2, 0) is 0 Å². The summed E-state index contributed by atoms with van der Waals surface area (Å²) in [5.41, 5.74) is 3.23. The largest absolute Gasteiger partial charge is 0.107 e. The highest BCUT2D eigenvalue weighted by Crippen LogP contribution is 2.74. The highest BCUT2D eigenvalue weighted by atomic mass is 31.1.